The Bertz CT molecular complexity index is 850. The predicted octanol–water partition coefficient (Wildman–Crippen LogP) is 1.61. The third-order valence-electron chi connectivity index (χ3n) is 4.92. The molecular formula is C15H18N6O. The highest BCUT2D eigenvalue weighted by Crippen LogP contribution is 2.44. The molecule has 7 heteroatoms. The van der Waals surface area contributed by atoms with Gasteiger partial charge in [0.05, 0.1) is 11.7 Å². The first-order valence-electron chi connectivity index (χ1n) is 7.65. The quantitative estimate of drug-likeness (QED) is 0.766. The van der Waals surface area contributed by atoms with Crippen molar-refractivity contribution in [3.63, 3.8) is 0 Å². The summed E-state index contributed by atoms with van der Waals surface area (Å²) < 4.78 is 2.05. The van der Waals surface area contributed by atoms with Crippen LogP contribution in [-0.4, -0.2) is 30.5 Å². The van der Waals surface area contributed by atoms with E-state index in [1.54, 1.807) is 6.20 Å². The van der Waals surface area contributed by atoms with Crippen molar-refractivity contribution in [3.8, 4) is 0 Å². The number of nitrogens with two attached hydrogens (primary N) is 1. The Kier molecular flexibility index (Phi) is 2.88. The van der Waals surface area contributed by atoms with Gasteiger partial charge < -0.3 is 10.7 Å². The topological polar surface area (TPSA) is 102 Å². The van der Waals surface area contributed by atoms with E-state index < -0.39 is 0 Å². The van der Waals surface area contributed by atoms with E-state index >= 15 is 0 Å². The first kappa shape index (κ1) is 13.2. The number of nitrogens with zero attached hydrogens (tertiary/aromatic N) is 4. The van der Waals surface area contributed by atoms with Gasteiger partial charge in [0.2, 0.25) is 5.91 Å². The molecule has 1 aliphatic rings. The summed E-state index contributed by atoms with van der Waals surface area (Å²) in [6.45, 7) is 2.15. The highest BCUT2D eigenvalue weighted by molar-refractivity contribution is 5.77. The maximum Gasteiger partial charge on any atom is 0.220 e. The Morgan fingerprint density at radius 2 is 2.32 bits per heavy atom. The highest BCUT2D eigenvalue weighted by Gasteiger charge is 2.39. The van der Waals surface area contributed by atoms with Crippen LogP contribution in [0.4, 0.5) is 0 Å². The molecular weight excluding hydrogens is 280 g/mol. The van der Waals surface area contributed by atoms with Crippen LogP contribution in [0, 0.1) is 11.8 Å². The Morgan fingerprint density at radius 1 is 1.45 bits per heavy atom. The van der Waals surface area contributed by atoms with Crippen LogP contribution < -0.4 is 5.73 Å². The fourth-order valence-electron chi connectivity index (χ4n) is 3.76. The van der Waals surface area contributed by atoms with Crippen molar-refractivity contribution < 1.29 is 4.79 Å². The monoisotopic (exact) mass is 298 g/mol. The van der Waals surface area contributed by atoms with E-state index in [1.165, 1.54) is 0 Å². The van der Waals surface area contributed by atoms with Crippen LogP contribution >= 0.6 is 0 Å². The lowest BCUT2D eigenvalue weighted by Gasteiger charge is -2.16. The van der Waals surface area contributed by atoms with E-state index in [4.69, 9.17) is 5.73 Å². The van der Waals surface area contributed by atoms with Gasteiger partial charge in [0, 0.05) is 18.0 Å². The van der Waals surface area contributed by atoms with E-state index in [0.717, 1.165) is 41.9 Å². The Morgan fingerprint density at radius 3 is 3.09 bits per heavy atom. The van der Waals surface area contributed by atoms with E-state index in [9.17, 15) is 4.79 Å². The molecule has 0 spiro atoms. The molecule has 7 nitrogen and oxygen atoms in total. The lowest BCUT2D eigenvalue weighted by atomic mass is 9.93. The number of carbonyl (C=O) groups excluding carboxylic acids is 1. The van der Waals surface area contributed by atoms with Gasteiger partial charge in [0.25, 0.3) is 0 Å². The molecule has 0 bridgehead atoms. The summed E-state index contributed by atoms with van der Waals surface area (Å²) in [5, 5.41) is 8.66. The van der Waals surface area contributed by atoms with E-state index in [2.05, 4.69) is 31.5 Å². The first-order chi connectivity index (χ1) is 10.7. The van der Waals surface area contributed by atoms with Gasteiger partial charge in [-0.3, -0.25) is 9.20 Å². The Hall–Kier alpha value is -2.44. The maximum atomic E-state index is 11.6. The average molecular weight is 298 g/mol. The number of fused-ring (bicyclic) bond motifs is 3. The zero-order valence-electron chi connectivity index (χ0n) is 12.4. The standard InChI is InChI=1S/C15H18N6O/c1-2-8-5-9(13(16)22)6-10(8)15-20-19-12-7-18-14-11(21(12)15)3-4-17-14/h3-4,7-10,17H,2,5-6H2,1H3,(H2,16,22)/t8-,9+,10+/m1/s1. The summed E-state index contributed by atoms with van der Waals surface area (Å²) in [4.78, 5) is 19.0. The molecule has 1 amide bonds. The van der Waals surface area contributed by atoms with Crippen LogP contribution in [0.5, 0.6) is 0 Å². The van der Waals surface area contributed by atoms with Crippen LogP contribution in [0.3, 0.4) is 0 Å². The number of aromatic nitrogens is 5. The summed E-state index contributed by atoms with van der Waals surface area (Å²) in [6, 6.07) is 1.98. The van der Waals surface area contributed by atoms with Crippen molar-refractivity contribution in [2.75, 3.05) is 0 Å². The molecule has 3 heterocycles. The molecule has 3 N–H and O–H groups in total. The fourth-order valence-corrected chi connectivity index (χ4v) is 3.76. The van der Waals surface area contributed by atoms with Crippen molar-refractivity contribution in [2.24, 2.45) is 17.6 Å². The molecule has 1 fully saturated rings. The van der Waals surface area contributed by atoms with E-state index in [1.807, 2.05) is 12.3 Å². The van der Waals surface area contributed by atoms with Crippen LogP contribution in [0.15, 0.2) is 18.5 Å². The van der Waals surface area contributed by atoms with Crippen molar-refractivity contribution >= 4 is 22.7 Å². The van der Waals surface area contributed by atoms with Crippen molar-refractivity contribution in [3.05, 3.63) is 24.3 Å². The normalized spacial score (nSPS) is 25.2. The summed E-state index contributed by atoms with van der Waals surface area (Å²) in [7, 11) is 0. The lowest BCUT2D eigenvalue weighted by Crippen LogP contribution is -2.20. The number of rotatable bonds is 3. The second-order valence-electron chi connectivity index (χ2n) is 6.07. The molecule has 0 aliphatic heterocycles. The predicted molar refractivity (Wildman–Crippen MR) is 81.1 cm³/mol. The molecule has 114 valence electrons. The molecule has 3 aromatic rings. The largest absolute Gasteiger partial charge is 0.369 e. The molecule has 0 aromatic carbocycles. The van der Waals surface area contributed by atoms with Gasteiger partial charge in [-0.25, -0.2) is 4.98 Å². The number of hydrogen-bond acceptors (Lipinski definition) is 4. The minimum absolute atomic E-state index is 0.0640. The molecule has 1 aliphatic carbocycles. The molecule has 1 saturated carbocycles. The van der Waals surface area contributed by atoms with Gasteiger partial charge in [0.1, 0.15) is 5.82 Å². The smallest absolute Gasteiger partial charge is 0.220 e. The van der Waals surface area contributed by atoms with Crippen molar-refractivity contribution in [2.45, 2.75) is 32.1 Å². The van der Waals surface area contributed by atoms with Gasteiger partial charge in [-0.05, 0) is 24.8 Å². The number of primary amides is 1. The number of H-pyrrole nitrogens is 1. The molecule has 3 aromatic heterocycles. The minimum Gasteiger partial charge on any atom is -0.369 e. The molecule has 0 radical (unpaired) electrons. The highest BCUT2D eigenvalue weighted by atomic mass is 16.1. The molecule has 0 saturated heterocycles. The number of amides is 1. The number of carbonyl (C=O) groups is 1. The molecule has 4 rings (SSSR count). The maximum absolute atomic E-state index is 11.6. The summed E-state index contributed by atoms with van der Waals surface area (Å²) in [6.07, 6.45) is 6.18. The number of hydrogen-bond donors (Lipinski definition) is 2. The SMILES string of the molecule is CC[C@@H]1C[C@H](C(N)=O)C[C@@H]1c1nnc2cnc3[nH]ccc3n12. The second kappa shape index (κ2) is 4.79. The zero-order valence-corrected chi connectivity index (χ0v) is 12.4. The fraction of sp³-hybridized carbons (Fsp3) is 0.467. The van der Waals surface area contributed by atoms with Gasteiger partial charge >= 0.3 is 0 Å². The van der Waals surface area contributed by atoms with Crippen LogP contribution in [0.1, 0.15) is 37.9 Å². The lowest BCUT2D eigenvalue weighted by molar-refractivity contribution is -0.121. The third-order valence-corrected chi connectivity index (χ3v) is 4.92. The number of nitrogens with one attached hydrogen (secondary N) is 1. The van der Waals surface area contributed by atoms with E-state index in [-0.39, 0.29) is 17.7 Å². The first-order valence-corrected chi connectivity index (χ1v) is 7.65. The van der Waals surface area contributed by atoms with Crippen LogP contribution in [-0.2, 0) is 4.79 Å². The van der Waals surface area contributed by atoms with E-state index in [0.29, 0.717) is 5.92 Å². The molecule has 22 heavy (non-hydrogen) atoms. The second-order valence-corrected chi connectivity index (χ2v) is 6.07. The zero-order chi connectivity index (χ0) is 15.3. The van der Waals surface area contributed by atoms with Crippen LogP contribution in [0.2, 0.25) is 0 Å². The van der Waals surface area contributed by atoms with Crippen LogP contribution in [0.25, 0.3) is 16.8 Å². The minimum atomic E-state index is -0.205. The Labute approximate surface area is 126 Å². The summed E-state index contributed by atoms with van der Waals surface area (Å²) >= 11 is 0. The van der Waals surface area contributed by atoms with Gasteiger partial charge in [-0.2, -0.15) is 0 Å². The Balaban J connectivity index is 1.86. The third kappa shape index (κ3) is 1.81. The van der Waals surface area contributed by atoms with Crippen molar-refractivity contribution in [1.82, 2.24) is 24.6 Å². The number of aromatic amines is 1. The molecule has 3 atom stereocenters. The van der Waals surface area contributed by atoms with Gasteiger partial charge in [0.15, 0.2) is 11.3 Å². The summed E-state index contributed by atoms with van der Waals surface area (Å²) in [5.74, 6) is 1.26. The van der Waals surface area contributed by atoms with Crippen molar-refractivity contribution in [1.29, 1.82) is 0 Å². The average Bonchev–Trinajstić information content (AvgIpc) is 3.22. The van der Waals surface area contributed by atoms with Gasteiger partial charge in [-0.15, -0.1) is 10.2 Å². The van der Waals surface area contributed by atoms with Gasteiger partial charge in [-0.1, -0.05) is 13.3 Å². The summed E-state index contributed by atoms with van der Waals surface area (Å²) in [5.41, 5.74) is 8.03. The molecule has 0 unspecified atom stereocenters.